The van der Waals surface area contributed by atoms with Crippen molar-refractivity contribution in [2.75, 3.05) is 19.6 Å². The van der Waals surface area contributed by atoms with Crippen molar-refractivity contribution in [2.24, 2.45) is 0 Å². The second kappa shape index (κ2) is 11.5. The Labute approximate surface area is 223 Å². The van der Waals surface area contributed by atoms with Crippen LogP contribution >= 0.6 is 11.6 Å². The maximum absolute atomic E-state index is 13.7. The van der Waals surface area contributed by atoms with Gasteiger partial charge in [-0.2, -0.15) is 4.31 Å². The lowest BCUT2D eigenvalue weighted by Gasteiger charge is -2.35. The summed E-state index contributed by atoms with van der Waals surface area (Å²) in [5.74, 6) is 0.717. The second-order valence-electron chi connectivity index (χ2n) is 9.69. The normalized spacial score (nSPS) is 21.1. The van der Waals surface area contributed by atoms with Gasteiger partial charge in [-0.1, -0.05) is 36.2 Å². The number of ether oxygens (including phenoxy) is 1. The first-order valence-corrected chi connectivity index (χ1v) is 14.6. The van der Waals surface area contributed by atoms with Crippen molar-refractivity contribution in [3.8, 4) is 5.75 Å². The van der Waals surface area contributed by atoms with Crippen molar-refractivity contribution < 1.29 is 18.3 Å². The second-order valence-corrected chi connectivity index (χ2v) is 12.0. The Morgan fingerprint density at radius 3 is 2.84 bits per heavy atom. The number of fused-ring (bicyclic) bond motifs is 1. The predicted octanol–water partition coefficient (Wildman–Crippen LogP) is 4.67. The number of hydrogen-bond donors (Lipinski definition) is 2. The Hall–Kier alpha value is -2.49. The van der Waals surface area contributed by atoms with E-state index in [-0.39, 0.29) is 12.1 Å². The van der Waals surface area contributed by atoms with Crippen LogP contribution in [0.4, 0.5) is 0 Å². The maximum Gasteiger partial charge on any atom is 0.243 e. The van der Waals surface area contributed by atoms with Gasteiger partial charge in [0.05, 0.1) is 17.0 Å². The Balaban J connectivity index is 1.23. The number of aromatic nitrogens is 1. The van der Waals surface area contributed by atoms with Gasteiger partial charge >= 0.3 is 0 Å². The van der Waals surface area contributed by atoms with Crippen molar-refractivity contribution in [2.45, 2.75) is 55.2 Å². The summed E-state index contributed by atoms with van der Waals surface area (Å²) in [7, 11) is -3.66. The first-order valence-electron chi connectivity index (χ1n) is 12.8. The Morgan fingerprint density at radius 2 is 2.03 bits per heavy atom. The van der Waals surface area contributed by atoms with Crippen molar-refractivity contribution in [1.29, 1.82) is 0 Å². The van der Waals surface area contributed by atoms with Gasteiger partial charge in [0.2, 0.25) is 10.0 Å². The van der Waals surface area contributed by atoms with Gasteiger partial charge in [-0.3, -0.25) is 4.98 Å². The third-order valence-corrected chi connectivity index (χ3v) is 9.27. The molecular weight excluding hydrogens is 510 g/mol. The van der Waals surface area contributed by atoms with E-state index < -0.39 is 16.1 Å². The number of aliphatic hydroxyl groups is 1. The lowest BCUT2D eigenvalue weighted by atomic mass is 9.99. The van der Waals surface area contributed by atoms with Gasteiger partial charge in [0.25, 0.3) is 0 Å². The standard InChI is InChI=1S/C28H32ClN3O4S/c29-23-7-3-5-20(15-23)27(33)19-31-18-24-10-9-21-16-25(11-12-28(21)36-24)37(34,35)32-14-2-1-8-26(32)22-6-4-13-30-17-22/h3-7,11-13,15-17,24,26-27,31,33H,1-2,8-10,14,18-19H2. The monoisotopic (exact) mass is 541 g/mol. The van der Waals surface area contributed by atoms with Crippen LogP contribution in [0.25, 0.3) is 0 Å². The van der Waals surface area contributed by atoms with Crippen LogP contribution in [0.3, 0.4) is 0 Å². The maximum atomic E-state index is 13.7. The third-order valence-electron chi connectivity index (χ3n) is 7.13. The number of aryl methyl sites for hydroxylation is 1. The summed E-state index contributed by atoms with van der Waals surface area (Å²) < 4.78 is 35.2. The topological polar surface area (TPSA) is 91.8 Å². The molecule has 2 aliphatic rings. The zero-order valence-corrected chi connectivity index (χ0v) is 22.2. The van der Waals surface area contributed by atoms with Gasteiger partial charge in [-0.25, -0.2) is 8.42 Å². The molecule has 1 fully saturated rings. The molecule has 0 spiro atoms. The zero-order chi connectivity index (χ0) is 25.8. The van der Waals surface area contributed by atoms with Gasteiger partial charge in [-0.15, -0.1) is 0 Å². The minimum atomic E-state index is -3.66. The van der Waals surface area contributed by atoms with E-state index in [9.17, 15) is 13.5 Å². The highest BCUT2D eigenvalue weighted by Gasteiger charge is 2.35. The fourth-order valence-electron chi connectivity index (χ4n) is 5.17. The molecule has 2 aliphatic heterocycles. The molecule has 1 saturated heterocycles. The Kier molecular flexibility index (Phi) is 8.12. The number of nitrogens with one attached hydrogen (secondary N) is 1. The largest absolute Gasteiger partial charge is 0.489 e. The van der Waals surface area contributed by atoms with Crippen LogP contribution in [-0.4, -0.2) is 48.6 Å². The van der Waals surface area contributed by atoms with Crippen molar-refractivity contribution >= 4 is 21.6 Å². The van der Waals surface area contributed by atoms with E-state index in [2.05, 4.69) is 10.3 Å². The smallest absolute Gasteiger partial charge is 0.243 e. The molecule has 2 N–H and O–H groups in total. The molecule has 5 rings (SSSR count). The fourth-order valence-corrected chi connectivity index (χ4v) is 7.10. The van der Waals surface area contributed by atoms with Gasteiger partial charge in [0.1, 0.15) is 11.9 Å². The average molecular weight is 542 g/mol. The number of nitrogens with zero attached hydrogens (tertiary/aromatic N) is 2. The average Bonchev–Trinajstić information content (AvgIpc) is 2.93. The van der Waals surface area contributed by atoms with Crippen LogP contribution < -0.4 is 10.1 Å². The molecule has 0 radical (unpaired) electrons. The molecule has 0 bridgehead atoms. The quantitative estimate of drug-likeness (QED) is 0.431. The third kappa shape index (κ3) is 5.99. The highest BCUT2D eigenvalue weighted by molar-refractivity contribution is 7.89. The molecule has 1 aromatic heterocycles. The van der Waals surface area contributed by atoms with E-state index in [0.29, 0.717) is 29.6 Å². The molecule has 0 amide bonds. The number of sulfonamides is 1. The Bertz CT molecular complexity index is 1320. The lowest BCUT2D eigenvalue weighted by Crippen LogP contribution is -2.38. The Morgan fingerprint density at radius 1 is 1.14 bits per heavy atom. The highest BCUT2D eigenvalue weighted by Crippen LogP contribution is 2.37. The van der Waals surface area contributed by atoms with Crippen LogP contribution in [0.5, 0.6) is 5.75 Å². The number of rotatable bonds is 8. The van der Waals surface area contributed by atoms with Gasteiger partial charge in [0, 0.05) is 37.1 Å². The summed E-state index contributed by atoms with van der Waals surface area (Å²) in [6, 6.07) is 16.0. The SMILES string of the molecule is O=S(=O)(c1ccc2c(c1)CCC(CNCC(O)c1cccc(Cl)c1)O2)N1CCCCC1c1cccnc1. The minimum Gasteiger partial charge on any atom is -0.489 e. The first-order chi connectivity index (χ1) is 17.9. The summed E-state index contributed by atoms with van der Waals surface area (Å²) in [6.45, 7) is 1.47. The predicted molar refractivity (Wildman–Crippen MR) is 143 cm³/mol. The van der Waals surface area contributed by atoms with Crippen molar-refractivity contribution in [1.82, 2.24) is 14.6 Å². The summed E-state index contributed by atoms with van der Waals surface area (Å²) in [6.07, 6.45) is 6.89. The molecule has 0 aliphatic carbocycles. The molecular formula is C28H32ClN3O4S. The van der Waals surface area contributed by atoms with Crippen LogP contribution in [0.2, 0.25) is 5.02 Å². The molecule has 2 aromatic carbocycles. The zero-order valence-electron chi connectivity index (χ0n) is 20.6. The van der Waals surface area contributed by atoms with E-state index in [1.807, 2.05) is 24.3 Å². The van der Waals surface area contributed by atoms with Crippen LogP contribution in [0.1, 0.15) is 54.5 Å². The highest BCUT2D eigenvalue weighted by atomic mass is 35.5. The van der Waals surface area contributed by atoms with E-state index in [1.165, 1.54) is 0 Å². The molecule has 196 valence electrons. The summed E-state index contributed by atoms with van der Waals surface area (Å²) in [5, 5.41) is 14.3. The van der Waals surface area contributed by atoms with Gasteiger partial charge in [-0.05, 0) is 78.8 Å². The molecule has 9 heteroatoms. The van der Waals surface area contributed by atoms with E-state index in [1.54, 1.807) is 47.0 Å². The molecule has 3 aromatic rings. The summed E-state index contributed by atoms with van der Waals surface area (Å²) >= 11 is 6.02. The van der Waals surface area contributed by atoms with E-state index in [4.69, 9.17) is 16.3 Å². The fraction of sp³-hybridized carbons (Fsp3) is 0.393. The molecule has 3 atom stereocenters. The number of pyridine rings is 1. The number of hydrogen-bond acceptors (Lipinski definition) is 6. The minimum absolute atomic E-state index is 0.0569. The molecule has 7 nitrogen and oxygen atoms in total. The first kappa shape index (κ1) is 26.1. The van der Waals surface area contributed by atoms with E-state index >= 15 is 0 Å². The van der Waals surface area contributed by atoms with Crippen LogP contribution in [0.15, 0.2) is 71.9 Å². The number of halogens is 1. The van der Waals surface area contributed by atoms with Crippen molar-refractivity contribution in [3.63, 3.8) is 0 Å². The molecule has 0 saturated carbocycles. The summed E-state index contributed by atoms with van der Waals surface area (Å²) in [5.41, 5.74) is 2.61. The summed E-state index contributed by atoms with van der Waals surface area (Å²) in [4.78, 5) is 4.51. The van der Waals surface area contributed by atoms with Gasteiger partial charge < -0.3 is 15.2 Å². The van der Waals surface area contributed by atoms with Crippen LogP contribution in [-0.2, 0) is 16.4 Å². The molecule has 3 heterocycles. The molecule has 3 unspecified atom stereocenters. The number of piperidine rings is 1. The van der Waals surface area contributed by atoms with E-state index in [0.717, 1.165) is 54.5 Å². The number of aliphatic hydroxyl groups excluding tert-OH is 1. The van der Waals surface area contributed by atoms with Crippen molar-refractivity contribution in [3.05, 3.63) is 88.7 Å². The van der Waals surface area contributed by atoms with Crippen LogP contribution in [0, 0.1) is 0 Å². The lowest BCUT2D eigenvalue weighted by molar-refractivity contribution is 0.146. The van der Waals surface area contributed by atoms with Gasteiger partial charge in [0.15, 0.2) is 0 Å². The molecule has 37 heavy (non-hydrogen) atoms. The number of benzene rings is 2.